The number of rotatable bonds is 26. The lowest BCUT2D eigenvalue weighted by Gasteiger charge is -2.15. The number of carbonyl (C=O) groups excluding carboxylic acids is 6. The number of hydrogen-bond acceptors (Lipinski definition) is 21. The molecule has 8 aromatic carbocycles. The monoisotopic (exact) mass is 1930 g/mol. The van der Waals surface area contributed by atoms with E-state index in [4.69, 9.17) is 95.4 Å². The summed E-state index contributed by atoms with van der Waals surface area (Å²) < 4.78 is 158. The van der Waals surface area contributed by atoms with E-state index in [2.05, 4.69) is 38.8 Å². The predicted molar refractivity (Wildman–Crippen MR) is 480 cm³/mol. The molecular formula is C87H74Cl7F2N9O17S4. The van der Waals surface area contributed by atoms with Gasteiger partial charge in [0.1, 0.15) is 51.5 Å². The topological polar surface area (TPSA) is 370 Å². The number of ketones is 4. The molecule has 12 aromatic rings. The van der Waals surface area contributed by atoms with Gasteiger partial charge in [0, 0.05) is 59.5 Å². The number of hydrogen-bond donors (Lipinski definition) is 4. The molecule has 1 amide bonds. The average molecular weight is 1930 g/mol. The summed E-state index contributed by atoms with van der Waals surface area (Å²) >= 11 is 42.0. The molecule has 0 saturated carbocycles. The second kappa shape index (κ2) is 42.2. The van der Waals surface area contributed by atoms with Crippen LogP contribution in [0.1, 0.15) is 134 Å². The number of ether oxygens (including phenoxy) is 3. The van der Waals surface area contributed by atoms with E-state index in [-0.39, 0.29) is 132 Å². The van der Waals surface area contributed by atoms with E-state index in [0.29, 0.717) is 37.5 Å². The van der Waals surface area contributed by atoms with Crippen LogP contribution in [0.15, 0.2) is 226 Å². The third-order valence-corrected chi connectivity index (χ3v) is 25.4. The van der Waals surface area contributed by atoms with Gasteiger partial charge in [0.25, 0.3) is 46.0 Å². The highest BCUT2D eigenvalue weighted by molar-refractivity contribution is 7.93. The zero-order valence-corrected chi connectivity index (χ0v) is 76.7. The number of halogens is 9. The maximum Gasteiger partial charge on any atom is 0.338 e. The number of sulfonamides is 4. The van der Waals surface area contributed by atoms with E-state index < -0.39 is 92.1 Å². The molecule has 0 aliphatic rings. The Morgan fingerprint density at radius 2 is 0.714 bits per heavy atom. The van der Waals surface area contributed by atoms with E-state index in [1.165, 1.54) is 152 Å². The molecule has 39 heteroatoms. The molecule has 0 aliphatic heterocycles. The summed E-state index contributed by atoms with van der Waals surface area (Å²) in [5.74, 6) is -5.73. The number of pyridine rings is 4. The second-order valence-corrected chi connectivity index (χ2v) is 37.2. The third kappa shape index (κ3) is 24.4. The molecule has 0 bridgehead atoms. The minimum absolute atomic E-state index is 0.000262. The molecule has 0 spiro atoms. The van der Waals surface area contributed by atoms with Gasteiger partial charge < -0.3 is 19.1 Å². The van der Waals surface area contributed by atoms with Crippen LogP contribution >= 0.6 is 81.2 Å². The first kappa shape index (κ1) is 98.3. The van der Waals surface area contributed by atoms with Crippen molar-refractivity contribution >= 4 is 179 Å². The lowest BCUT2D eigenvalue weighted by atomic mass is 9.99. The number of benzene rings is 8. The molecule has 4 aromatic heterocycles. The molecule has 0 atom stereocenters. The van der Waals surface area contributed by atoms with E-state index in [9.17, 15) is 71.2 Å². The van der Waals surface area contributed by atoms with Gasteiger partial charge in [-0.3, -0.25) is 42.9 Å². The van der Waals surface area contributed by atoms with Gasteiger partial charge >= 0.3 is 5.97 Å². The quantitative estimate of drug-likeness (QED) is 0.0289. The van der Waals surface area contributed by atoms with Gasteiger partial charge in [-0.05, 0) is 217 Å². The number of methoxy groups -OCH3 is 1. The van der Waals surface area contributed by atoms with Crippen LogP contribution in [-0.4, -0.2) is 127 Å². The molecule has 126 heavy (non-hydrogen) atoms. The molecule has 0 unspecified atom stereocenters. The zero-order valence-electron chi connectivity index (χ0n) is 68.1. The lowest BCUT2D eigenvalue weighted by Crippen LogP contribution is -2.24. The van der Waals surface area contributed by atoms with Crippen LogP contribution in [0, 0.1) is 46.3 Å². The normalized spacial score (nSPS) is 11.2. The third-order valence-electron chi connectivity index (χ3n) is 17.8. The van der Waals surface area contributed by atoms with E-state index in [0.717, 1.165) is 35.5 Å². The number of anilines is 4. The van der Waals surface area contributed by atoms with Crippen LogP contribution in [-0.2, 0) is 44.8 Å². The minimum atomic E-state index is -4.20. The molecule has 0 fully saturated rings. The number of nitrogens with zero attached hydrogens (tertiary/aromatic N) is 5. The van der Waals surface area contributed by atoms with Crippen molar-refractivity contribution in [1.82, 2.24) is 24.8 Å². The average Bonchev–Trinajstić information content (AvgIpc) is 0.793. The Morgan fingerprint density at radius 3 is 1.09 bits per heavy atom. The minimum Gasteiger partial charge on any atom is -0.496 e. The van der Waals surface area contributed by atoms with Crippen LogP contribution in [0.2, 0.25) is 35.2 Å². The Balaban J connectivity index is 0.000000190. The lowest BCUT2D eigenvalue weighted by molar-refractivity contribution is 0.0522. The van der Waals surface area contributed by atoms with Crippen molar-refractivity contribution in [2.75, 3.05) is 46.7 Å². The van der Waals surface area contributed by atoms with Gasteiger partial charge in [0.2, 0.25) is 23.1 Å². The Labute approximate surface area is 760 Å². The first-order chi connectivity index (χ1) is 59.3. The summed E-state index contributed by atoms with van der Waals surface area (Å²) in [5, 5.41) is 1.67. The number of amides is 1. The standard InChI is InChI=1S/C22H17Cl2FN2O5S.C22H19Cl2N3O4S.C22H20Cl2N2O4S.C21H18ClFN2O4S/c1-3-32-22(29)15-5-4-6-17(25)19(15)21(28)20-18(10-13(23)11-26-20)27-33(30,31)14-7-8-16(24)12(2)9-14;1-13-10-15(8-9-18(13)24)32(30,31)26-19-11-14(23)12-25-20(19)21(28)16-6-4-5-7-17(16)22(29)27(2)3;1-13(2)30-20-7-5-4-6-17(20)22(27)21-19(11-15(23)12-25-21)26-31(28,29)16-8-9-18(24)14(3)10-16;1-12-7-8-15(9-13(12)2)30(27,28)25-17-10-14(22)11-24-20(17)21(26)19-16(23)5-4-6-18(19)29-3/h4-11,27H,3H2,1-2H3;4-12,26H,1-3H3;4-13,26H,1-3H3;4-11,25H,1-3H3. The van der Waals surface area contributed by atoms with Gasteiger partial charge in [-0.2, -0.15) is 0 Å². The molecule has 0 aliphatic carbocycles. The summed E-state index contributed by atoms with van der Waals surface area (Å²) in [5.41, 5.74) is 0.980. The molecule has 12 rings (SSSR count). The van der Waals surface area contributed by atoms with Crippen LogP contribution < -0.4 is 28.4 Å². The van der Waals surface area contributed by atoms with Crippen LogP contribution in [0.3, 0.4) is 0 Å². The summed E-state index contributed by atoms with van der Waals surface area (Å²) in [6.07, 6.45) is 4.64. The molecule has 4 heterocycles. The Bertz CT molecular complexity index is 6780. The van der Waals surface area contributed by atoms with Gasteiger partial charge in [-0.15, -0.1) is 0 Å². The van der Waals surface area contributed by atoms with Gasteiger partial charge in [0.05, 0.1) is 104 Å². The number of aryl methyl sites for hydroxylation is 5. The van der Waals surface area contributed by atoms with Gasteiger partial charge in [-0.25, -0.2) is 67.2 Å². The molecule has 4 N–H and O–H groups in total. The number of esters is 1. The first-order valence-electron chi connectivity index (χ1n) is 36.9. The largest absolute Gasteiger partial charge is 0.496 e. The fraction of sp³-hybridized carbons (Fsp3) is 0.149. The van der Waals surface area contributed by atoms with Crippen molar-refractivity contribution in [3.8, 4) is 11.5 Å². The number of aromatic nitrogens is 4. The smallest absolute Gasteiger partial charge is 0.338 e. The number of para-hydroxylation sites is 1. The predicted octanol–water partition coefficient (Wildman–Crippen LogP) is 19.5. The first-order valence-corrected chi connectivity index (χ1v) is 45.5. The summed E-state index contributed by atoms with van der Waals surface area (Å²) in [4.78, 5) is 94.8. The molecule has 656 valence electrons. The van der Waals surface area contributed by atoms with Crippen LogP contribution in [0.5, 0.6) is 11.5 Å². The Morgan fingerprint density at radius 1 is 0.389 bits per heavy atom. The Kier molecular flexibility index (Phi) is 32.9. The molecule has 0 saturated heterocycles. The summed E-state index contributed by atoms with van der Waals surface area (Å²) in [7, 11) is -11.9. The SMILES string of the molecule is CCOC(=O)c1cccc(F)c1C(=O)c1ncc(Cl)cc1NS(=O)(=O)c1ccc(Cl)c(C)c1.COc1cccc(F)c1C(=O)c1ncc(Cl)cc1NS(=O)(=O)c1ccc(C)c(C)c1.Cc1cc(S(=O)(=O)Nc2cc(Cl)cnc2C(=O)c2ccccc2C(=O)N(C)C)ccc1Cl.Cc1cc(S(=O)(=O)Nc2cc(Cl)cnc2C(=O)c2ccccc2OC(C)C)ccc1Cl. The molecular weight excluding hydrogens is 1860 g/mol. The van der Waals surface area contributed by atoms with Crippen molar-refractivity contribution in [2.45, 2.75) is 81.1 Å². The number of nitrogens with one attached hydrogen (secondary N) is 4. The fourth-order valence-electron chi connectivity index (χ4n) is 11.5. The second-order valence-electron chi connectivity index (χ2n) is 27.5. The van der Waals surface area contributed by atoms with Gasteiger partial charge in [0.15, 0.2) is 0 Å². The highest BCUT2D eigenvalue weighted by atomic mass is 35.5. The van der Waals surface area contributed by atoms with Crippen LogP contribution in [0.4, 0.5) is 31.5 Å². The van der Waals surface area contributed by atoms with Crippen molar-refractivity contribution in [3.63, 3.8) is 0 Å². The summed E-state index contributed by atoms with van der Waals surface area (Å²) in [6, 6.07) is 42.6. The highest BCUT2D eigenvalue weighted by Gasteiger charge is 2.32. The maximum absolute atomic E-state index is 14.6. The maximum atomic E-state index is 14.6. The van der Waals surface area contributed by atoms with Gasteiger partial charge in [-0.1, -0.05) is 130 Å². The van der Waals surface area contributed by atoms with Crippen LogP contribution in [0.25, 0.3) is 0 Å². The zero-order chi connectivity index (χ0) is 92.8. The highest BCUT2D eigenvalue weighted by Crippen LogP contribution is 2.36. The van der Waals surface area contributed by atoms with Crippen molar-refractivity contribution in [2.24, 2.45) is 0 Å². The summed E-state index contributed by atoms with van der Waals surface area (Å²) in [6.45, 7) is 13.9. The van der Waals surface area contributed by atoms with E-state index >= 15 is 0 Å². The Hall–Kier alpha value is -11.5. The number of carbonyl (C=O) groups is 6. The molecule has 0 radical (unpaired) electrons. The van der Waals surface area contributed by atoms with E-state index in [1.54, 1.807) is 91.2 Å². The van der Waals surface area contributed by atoms with E-state index in [1.807, 2.05) is 20.8 Å². The van der Waals surface area contributed by atoms with Crippen molar-refractivity contribution in [3.05, 3.63) is 338 Å². The fourth-order valence-corrected chi connectivity index (χ4v) is 17.0. The van der Waals surface area contributed by atoms with Crippen molar-refractivity contribution in [1.29, 1.82) is 0 Å². The van der Waals surface area contributed by atoms with Crippen molar-refractivity contribution < 1.29 is 85.4 Å². The molecule has 26 nitrogen and oxygen atoms in total.